The summed E-state index contributed by atoms with van der Waals surface area (Å²) in [6, 6.07) is 21.5. The molecule has 0 bridgehead atoms. The van der Waals surface area contributed by atoms with E-state index in [0.29, 0.717) is 16.8 Å². The van der Waals surface area contributed by atoms with E-state index in [1.165, 1.54) is 30.5 Å². The first kappa shape index (κ1) is 19.1. The summed E-state index contributed by atoms with van der Waals surface area (Å²) >= 11 is 0. The second kappa shape index (κ2) is 8.40. The van der Waals surface area contributed by atoms with Gasteiger partial charge >= 0.3 is 0 Å². The van der Waals surface area contributed by atoms with E-state index in [2.05, 4.69) is 15.6 Å². The number of carbonyl (C=O) groups is 1. The van der Waals surface area contributed by atoms with E-state index in [4.69, 9.17) is 0 Å². The summed E-state index contributed by atoms with van der Waals surface area (Å²) in [5.41, 5.74) is 5.52. The van der Waals surface area contributed by atoms with Crippen LogP contribution in [-0.4, -0.2) is 27.0 Å². The lowest BCUT2D eigenvalue weighted by Gasteiger charge is -2.01. The van der Waals surface area contributed by atoms with Crippen molar-refractivity contribution in [2.24, 2.45) is 5.10 Å². The number of aromatic nitrogens is 2. The van der Waals surface area contributed by atoms with Crippen LogP contribution in [0.4, 0.5) is 4.39 Å². The van der Waals surface area contributed by atoms with Crippen LogP contribution in [0.5, 0.6) is 5.75 Å². The lowest BCUT2D eigenvalue weighted by Crippen LogP contribution is -2.17. The van der Waals surface area contributed by atoms with Crippen molar-refractivity contribution >= 4 is 12.1 Å². The highest BCUT2D eigenvalue weighted by atomic mass is 19.1. The lowest BCUT2D eigenvalue weighted by molar-refractivity contribution is 0.0954. The highest BCUT2D eigenvalue weighted by Gasteiger charge is 2.12. The number of hydrogen-bond acceptors (Lipinski definition) is 4. The largest absolute Gasteiger partial charge is 0.508 e. The smallest absolute Gasteiger partial charge is 0.271 e. The van der Waals surface area contributed by atoms with Crippen molar-refractivity contribution in [1.29, 1.82) is 0 Å². The number of amides is 1. The van der Waals surface area contributed by atoms with Gasteiger partial charge in [0.2, 0.25) is 0 Å². The van der Waals surface area contributed by atoms with E-state index in [9.17, 15) is 14.3 Å². The molecule has 0 aliphatic carbocycles. The lowest BCUT2D eigenvalue weighted by atomic mass is 10.1. The molecule has 1 aromatic heterocycles. The Bertz CT molecular complexity index is 1200. The van der Waals surface area contributed by atoms with E-state index < -0.39 is 5.91 Å². The number of phenols is 1. The first-order valence-corrected chi connectivity index (χ1v) is 9.13. The Morgan fingerprint density at radius 1 is 1.03 bits per heavy atom. The molecular formula is C23H17FN4O2. The van der Waals surface area contributed by atoms with Gasteiger partial charge in [0.15, 0.2) is 0 Å². The van der Waals surface area contributed by atoms with E-state index in [1.807, 2.05) is 30.3 Å². The molecule has 7 heteroatoms. The molecule has 0 saturated carbocycles. The standard InChI is InChI=1S/C23H17FN4O2/c24-19-11-9-16(10-12-19)22-18(15-28(27-22)20-6-2-1-3-7-20)14-25-26-23(30)17-5-4-8-21(29)13-17/h1-15,29H,(H,26,30)/b25-14-. The maximum absolute atomic E-state index is 13.3. The van der Waals surface area contributed by atoms with Crippen molar-refractivity contribution in [3.63, 3.8) is 0 Å². The minimum atomic E-state index is -0.457. The van der Waals surface area contributed by atoms with Crippen LogP contribution in [0.25, 0.3) is 16.9 Å². The number of nitrogens with one attached hydrogen (secondary N) is 1. The molecule has 0 saturated heterocycles. The summed E-state index contributed by atoms with van der Waals surface area (Å²) in [5, 5.41) is 18.1. The number of nitrogens with zero attached hydrogens (tertiary/aromatic N) is 3. The Kier molecular flexibility index (Phi) is 5.34. The number of benzene rings is 3. The molecule has 4 rings (SSSR count). The normalized spacial score (nSPS) is 11.0. The zero-order valence-corrected chi connectivity index (χ0v) is 15.7. The maximum atomic E-state index is 13.3. The van der Waals surface area contributed by atoms with Gasteiger partial charge in [-0.05, 0) is 54.6 Å². The third kappa shape index (κ3) is 4.25. The van der Waals surface area contributed by atoms with Crippen molar-refractivity contribution in [3.05, 3.63) is 102 Å². The van der Waals surface area contributed by atoms with E-state index >= 15 is 0 Å². The van der Waals surface area contributed by atoms with Crippen LogP contribution in [0.2, 0.25) is 0 Å². The van der Waals surface area contributed by atoms with Gasteiger partial charge < -0.3 is 5.11 Å². The molecule has 2 N–H and O–H groups in total. The van der Waals surface area contributed by atoms with E-state index in [-0.39, 0.29) is 17.1 Å². The summed E-state index contributed by atoms with van der Waals surface area (Å²) in [4.78, 5) is 12.2. The average molecular weight is 400 g/mol. The minimum absolute atomic E-state index is 0.00522. The molecule has 0 unspecified atom stereocenters. The van der Waals surface area contributed by atoms with Gasteiger partial charge in [0.1, 0.15) is 17.3 Å². The molecule has 6 nitrogen and oxygen atoms in total. The Hall–Kier alpha value is -4.26. The molecule has 4 aromatic rings. The maximum Gasteiger partial charge on any atom is 0.271 e. The molecular weight excluding hydrogens is 383 g/mol. The van der Waals surface area contributed by atoms with Gasteiger partial charge in [0.05, 0.1) is 11.9 Å². The van der Waals surface area contributed by atoms with Gasteiger partial charge in [-0.15, -0.1) is 0 Å². The number of halogens is 1. The number of hydrazone groups is 1. The third-order valence-electron chi connectivity index (χ3n) is 4.36. The minimum Gasteiger partial charge on any atom is -0.508 e. The Balaban J connectivity index is 1.64. The molecule has 0 atom stereocenters. The average Bonchev–Trinajstić information content (AvgIpc) is 3.19. The van der Waals surface area contributed by atoms with Crippen LogP contribution in [-0.2, 0) is 0 Å². The summed E-state index contributed by atoms with van der Waals surface area (Å²) in [6.07, 6.45) is 3.25. The molecule has 148 valence electrons. The highest BCUT2D eigenvalue weighted by molar-refractivity contribution is 5.96. The van der Waals surface area contributed by atoms with Crippen LogP contribution in [0.3, 0.4) is 0 Å². The summed E-state index contributed by atoms with van der Waals surface area (Å²) in [5.74, 6) is -0.801. The van der Waals surface area contributed by atoms with Gasteiger partial charge in [-0.3, -0.25) is 4.79 Å². The Morgan fingerprint density at radius 3 is 2.53 bits per heavy atom. The summed E-state index contributed by atoms with van der Waals surface area (Å²) < 4.78 is 15.0. The van der Waals surface area contributed by atoms with Gasteiger partial charge in [-0.2, -0.15) is 10.2 Å². The third-order valence-corrected chi connectivity index (χ3v) is 4.36. The van der Waals surface area contributed by atoms with Crippen molar-refractivity contribution < 1.29 is 14.3 Å². The zero-order chi connectivity index (χ0) is 20.9. The van der Waals surface area contributed by atoms with E-state index in [0.717, 1.165) is 5.69 Å². The van der Waals surface area contributed by atoms with Crippen LogP contribution in [0, 0.1) is 5.82 Å². The van der Waals surface area contributed by atoms with Crippen LogP contribution in [0.15, 0.2) is 90.2 Å². The fraction of sp³-hybridized carbons (Fsp3) is 0. The molecule has 1 amide bonds. The number of aromatic hydroxyl groups is 1. The molecule has 0 aliphatic heterocycles. The zero-order valence-electron chi connectivity index (χ0n) is 15.7. The predicted octanol–water partition coefficient (Wildman–Crippen LogP) is 4.15. The molecule has 0 aliphatic rings. The summed E-state index contributed by atoms with van der Waals surface area (Å²) in [7, 11) is 0. The molecule has 3 aromatic carbocycles. The number of para-hydroxylation sites is 1. The molecule has 1 heterocycles. The first-order chi connectivity index (χ1) is 14.6. The molecule has 0 spiro atoms. The predicted molar refractivity (Wildman–Crippen MR) is 112 cm³/mol. The van der Waals surface area contributed by atoms with Gasteiger partial charge in [-0.25, -0.2) is 14.5 Å². The quantitative estimate of drug-likeness (QED) is 0.390. The molecule has 30 heavy (non-hydrogen) atoms. The van der Waals surface area contributed by atoms with Gasteiger partial charge in [-0.1, -0.05) is 24.3 Å². The van der Waals surface area contributed by atoms with Crippen molar-refractivity contribution in [1.82, 2.24) is 15.2 Å². The second-order valence-corrected chi connectivity index (χ2v) is 6.47. The Morgan fingerprint density at radius 2 is 1.80 bits per heavy atom. The highest BCUT2D eigenvalue weighted by Crippen LogP contribution is 2.23. The molecule has 0 fully saturated rings. The second-order valence-electron chi connectivity index (χ2n) is 6.47. The molecule has 0 radical (unpaired) electrons. The summed E-state index contributed by atoms with van der Waals surface area (Å²) in [6.45, 7) is 0. The van der Waals surface area contributed by atoms with Crippen molar-refractivity contribution in [2.45, 2.75) is 0 Å². The fourth-order valence-electron chi connectivity index (χ4n) is 2.90. The SMILES string of the molecule is O=C(N/N=C\c1cn(-c2ccccc2)nc1-c1ccc(F)cc1)c1cccc(O)c1. The Labute approximate surface area is 171 Å². The van der Waals surface area contributed by atoms with Crippen molar-refractivity contribution in [2.75, 3.05) is 0 Å². The van der Waals surface area contributed by atoms with Gasteiger partial charge in [0.25, 0.3) is 5.91 Å². The first-order valence-electron chi connectivity index (χ1n) is 9.13. The number of phenolic OH excluding ortho intramolecular Hbond substituents is 1. The number of carbonyl (C=O) groups excluding carboxylic acids is 1. The monoisotopic (exact) mass is 400 g/mol. The number of hydrogen-bond donors (Lipinski definition) is 2. The topological polar surface area (TPSA) is 79.5 Å². The van der Waals surface area contributed by atoms with E-state index in [1.54, 1.807) is 35.1 Å². The van der Waals surface area contributed by atoms with Crippen LogP contribution < -0.4 is 5.43 Å². The number of rotatable bonds is 5. The van der Waals surface area contributed by atoms with Crippen LogP contribution >= 0.6 is 0 Å². The fourth-order valence-corrected chi connectivity index (χ4v) is 2.90. The van der Waals surface area contributed by atoms with Gasteiger partial charge in [0, 0.05) is 22.9 Å². The van der Waals surface area contributed by atoms with Crippen LogP contribution in [0.1, 0.15) is 15.9 Å². The van der Waals surface area contributed by atoms with Crippen molar-refractivity contribution in [3.8, 4) is 22.7 Å².